The van der Waals surface area contributed by atoms with Gasteiger partial charge in [0.25, 0.3) is 0 Å². The van der Waals surface area contributed by atoms with Crippen molar-refractivity contribution in [1.82, 2.24) is 19.9 Å². The van der Waals surface area contributed by atoms with Crippen molar-refractivity contribution in [3.63, 3.8) is 0 Å². The molecule has 0 atom stereocenters. The van der Waals surface area contributed by atoms with Crippen LogP contribution in [0.2, 0.25) is 0 Å². The molecule has 108 valence electrons. The molecule has 0 spiro atoms. The summed E-state index contributed by atoms with van der Waals surface area (Å²) in [6.45, 7) is -0.425. The first-order valence-electron chi connectivity index (χ1n) is 5.37. The molecule has 0 radical (unpaired) electrons. The van der Waals surface area contributed by atoms with Crippen molar-refractivity contribution in [3.05, 3.63) is 44.5 Å². The number of hydrogen-bond acceptors (Lipinski definition) is 8. The van der Waals surface area contributed by atoms with Crippen LogP contribution in [0.5, 0.6) is 0 Å². The summed E-state index contributed by atoms with van der Waals surface area (Å²) in [5.41, 5.74) is 10.4. The van der Waals surface area contributed by atoms with Crippen LogP contribution in [0.4, 0.5) is 11.6 Å². The van der Waals surface area contributed by atoms with Crippen LogP contribution >= 0.6 is 0 Å². The van der Waals surface area contributed by atoms with E-state index in [4.69, 9.17) is 21.7 Å². The number of hydrogen-bond donors (Lipinski definition) is 6. The lowest BCUT2D eigenvalue weighted by atomic mass is 10.3. The van der Waals surface area contributed by atoms with E-state index in [1.54, 1.807) is 0 Å². The van der Waals surface area contributed by atoms with E-state index in [0.717, 1.165) is 0 Å². The number of aliphatic hydroxyl groups excluding tert-OH is 2. The predicted molar refractivity (Wildman–Crippen MR) is 70.4 cm³/mol. The second-order valence-corrected chi connectivity index (χ2v) is 3.57. The van der Waals surface area contributed by atoms with E-state index in [2.05, 4.69) is 19.9 Å². The second kappa shape index (κ2) is 7.01. The number of H-pyrrole nitrogens is 2. The summed E-state index contributed by atoms with van der Waals surface area (Å²) < 4.78 is 0. The zero-order valence-corrected chi connectivity index (χ0v) is 10.3. The number of nitrogen functional groups attached to an aromatic ring is 2. The van der Waals surface area contributed by atoms with Crippen LogP contribution in [0, 0.1) is 0 Å². The molecule has 0 aromatic carbocycles. The molecule has 8 N–H and O–H groups in total. The van der Waals surface area contributed by atoms with Gasteiger partial charge in [0.05, 0.1) is 13.2 Å². The van der Waals surface area contributed by atoms with Crippen molar-refractivity contribution in [2.75, 3.05) is 11.5 Å². The first-order valence-corrected chi connectivity index (χ1v) is 5.37. The Hall–Kier alpha value is -2.72. The van der Waals surface area contributed by atoms with Gasteiger partial charge in [0.2, 0.25) is 0 Å². The van der Waals surface area contributed by atoms with Gasteiger partial charge in [-0.3, -0.25) is 9.97 Å². The minimum absolute atomic E-state index is 0.169. The quantitative estimate of drug-likeness (QED) is 0.354. The number of nitrogens with two attached hydrogens (primary N) is 2. The lowest BCUT2D eigenvalue weighted by molar-refractivity contribution is 0.281. The highest BCUT2D eigenvalue weighted by molar-refractivity contribution is 5.35. The summed E-state index contributed by atoms with van der Waals surface area (Å²) in [5.74, 6) is 0.338. The molecule has 2 aromatic rings. The molecule has 0 aliphatic rings. The average molecular weight is 282 g/mol. The van der Waals surface area contributed by atoms with Crippen LogP contribution in [-0.4, -0.2) is 30.1 Å². The monoisotopic (exact) mass is 282 g/mol. The molecule has 0 fully saturated rings. The lowest BCUT2D eigenvalue weighted by Gasteiger charge is -1.97. The number of nitrogens with zero attached hydrogens (tertiary/aromatic N) is 2. The fraction of sp³-hybridized carbons (Fsp3) is 0.200. The number of rotatable bonds is 2. The molecule has 0 aliphatic carbocycles. The Morgan fingerprint density at radius 1 is 0.900 bits per heavy atom. The van der Waals surface area contributed by atoms with Crippen molar-refractivity contribution in [3.8, 4) is 0 Å². The highest BCUT2D eigenvalue weighted by atomic mass is 16.3. The van der Waals surface area contributed by atoms with Crippen molar-refractivity contribution < 1.29 is 10.2 Å². The minimum Gasteiger partial charge on any atom is -0.391 e. The topological polar surface area (TPSA) is 184 Å². The highest BCUT2D eigenvalue weighted by Gasteiger charge is 1.97. The third kappa shape index (κ3) is 4.19. The Balaban J connectivity index is 0.000000200. The summed E-state index contributed by atoms with van der Waals surface area (Å²) in [6.07, 6.45) is 2.49. The number of nitrogens with one attached hydrogen (secondary N) is 2. The number of aliphatic hydroxyl groups is 2. The van der Waals surface area contributed by atoms with Crippen molar-refractivity contribution in [2.24, 2.45) is 0 Å². The maximum absolute atomic E-state index is 10.4. The molecule has 0 amide bonds. The molecule has 0 bridgehead atoms. The smallest absolute Gasteiger partial charge is 0.346 e. The maximum Gasteiger partial charge on any atom is 0.346 e. The van der Waals surface area contributed by atoms with Gasteiger partial charge in [-0.05, 0) is 0 Å². The normalized spacial score (nSPS) is 9.70. The zero-order valence-electron chi connectivity index (χ0n) is 10.3. The molecule has 10 nitrogen and oxygen atoms in total. The van der Waals surface area contributed by atoms with Crippen LogP contribution in [-0.2, 0) is 13.2 Å². The predicted octanol–water partition coefficient (Wildman–Crippen LogP) is -2.31. The zero-order chi connectivity index (χ0) is 15.1. The molecule has 20 heavy (non-hydrogen) atoms. The van der Waals surface area contributed by atoms with Crippen molar-refractivity contribution >= 4 is 11.6 Å². The van der Waals surface area contributed by atoms with Gasteiger partial charge in [0.15, 0.2) is 0 Å². The fourth-order valence-electron chi connectivity index (χ4n) is 1.12. The van der Waals surface area contributed by atoms with Crippen molar-refractivity contribution in [1.29, 1.82) is 0 Å². The van der Waals surface area contributed by atoms with Crippen LogP contribution in [0.25, 0.3) is 0 Å². The standard InChI is InChI=1S/2C5H7N3O2/c2*6-4-3(2-9)1-7-5(10)8-4/h2*1,9H,2H2,(H3,6,7,8,10). The third-order valence-electron chi connectivity index (χ3n) is 2.19. The Bertz CT molecular complexity index is 620. The van der Waals surface area contributed by atoms with E-state index in [9.17, 15) is 9.59 Å². The number of aromatic amines is 2. The molecule has 2 aromatic heterocycles. The summed E-state index contributed by atoms with van der Waals surface area (Å²) >= 11 is 0. The van der Waals surface area contributed by atoms with Crippen LogP contribution in [0.15, 0.2) is 22.0 Å². The second-order valence-electron chi connectivity index (χ2n) is 3.57. The van der Waals surface area contributed by atoms with Gasteiger partial charge < -0.3 is 21.7 Å². The lowest BCUT2D eigenvalue weighted by Crippen LogP contribution is -2.13. The Labute approximate surface area is 112 Å². The summed E-state index contributed by atoms with van der Waals surface area (Å²) in [5, 5.41) is 17.1. The van der Waals surface area contributed by atoms with Gasteiger partial charge in [-0.2, -0.15) is 0 Å². The van der Waals surface area contributed by atoms with E-state index >= 15 is 0 Å². The van der Waals surface area contributed by atoms with Gasteiger partial charge >= 0.3 is 11.4 Å². The summed E-state index contributed by atoms with van der Waals surface area (Å²) in [7, 11) is 0. The molecule has 0 saturated heterocycles. The van der Waals surface area contributed by atoms with E-state index in [-0.39, 0.29) is 24.8 Å². The molecule has 0 aliphatic heterocycles. The van der Waals surface area contributed by atoms with Crippen molar-refractivity contribution in [2.45, 2.75) is 13.2 Å². The van der Waals surface area contributed by atoms with Crippen LogP contribution < -0.4 is 22.8 Å². The van der Waals surface area contributed by atoms with E-state index in [1.807, 2.05) is 0 Å². The van der Waals surface area contributed by atoms with Gasteiger partial charge in [0.1, 0.15) is 11.6 Å². The molecule has 0 saturated carbocycles. The average Bonchev–Trinajstić information content (AvgIpc) is 2.40. The largest absolute Gasteiger partial charge is 0.391 e. The molecular formula is C10H14N6O4. The number of anilines is 2. The minimum atomic E-state index is -0.505. The Morgan fingerprint density at radius 2 is 1.25 bits per heavy atom. The molecule has 10 heteroatoms. The third-order valence-corrected chi connectivity index (χ3v) is 2.19. The molecule has 0 unspecified atom stereocenters. The summed E-state index contributed by atoms with van der Waals surface area (Å²) in [6, 6.07) is 0. The fourth-order valence-corrected chi connectivity index (χ4v) is 1.12. The highest BCUT2D eigenvalue weighted by Crippen LogP contribution is 2.01. The van der Waals surface area contributed by atoms with E-state index in [1.165, 1.54) is 12.4 Å². The van der Waals surface area contributed by atoms with Crippen LogP contribution in [0.3, 0.4) is 0 Å². The molecule has 2 rings (SSSR count). The Morgan fingerprint density at radius 3 is 1.50 bits per heavy atom. The first kappa shape index (κ1) is 15.3. The van der Waals surface area contributed by atoms with E-state index < -0.39 is 11.4 Å². The first-order chi connectivity index (χ1) is 9.47. The maximum atomic E-state index is 10.4. The van der Waals surface area contributed by atoms with Gasteiger partial charge in [-0.15, -0.1) is 0 Å². The Kier molecular flexibility index (Phi) is 5.38. The molecule has 2 heterocycles. The summed E-state index contributed by atoms with van der Waals surface area (Å²) in [4.78, 5) is 32.1. The molecular weight excluding hydrogens is 268 g/mol. The van der Waals surface area contributed by atoms with Gasteiger partial charge in [0, 0.05) is 23.5 Å². The number of aromatic nitrogens is 4. The van der Waals surface area contributed by atoms with E-state index in [0.29, 0.717) is 11.1 Å². The van der Waals surface area contributed by atoms with Gasteiger partial charge in [-0.1, -0.05) is 0 Å². The van der Waals surface area contributed by atoms with Crippen LogP contribution in [0.1, 0.15) is 11.1 Å². The van der Waals surface area contributed by atoms with Gasteiger partial charge in [-0.25, -0.2) is 19.6 Å². The SMILES string of the molecule is Nc1[nH]c(=O)ncc1CO.Nc1[nH]c(=O)ncc1CO.